The SMILES string of the molecule is CN(C)CCNc1nc(Nc2ccc3c(c2)OCO3)cc(-c2ccccn2)n1. The molecular weight excluding hydrogens is 356 g/mol. The Hall–Kier alpha value is -3.39. The zero-order valence-electron chi connectivity index (χ0n) is 15.8. The molecule has 0 aliphatic carbocycles. The maximum atomic E-state index is 5.45. The van der Waals surface area contributed by atoms with Gasteiger partial charge in [-0.25, -0.2) is 4.98 Å². The van der Waals surface area contributed by atoms with Crippen molar-refractivity contribution >= 4 is 17.5 Å². The summed E-state index contributed by atoms with van der Waals surface area (Å²) in [6.45, 7) is 1.86. The first-order valence-corrected chi connectivity index (χ1v) is 9.03. The minimum Gasteiger partial charge on any atom is -0.454 e. The van der Waals surface area contributed by atoms with Gasteiger partial charge in [-0.3, -0.25) is 4.98 Å². The van der Waals surface area contributed by atoms with Gasteiger partial charge in [0.2, 0.25) is 12.7 Å². The monoisotopic (exact) mass is 378 g/mol. The topological polar surface area (TPSA) is 84.4 Å². The van der Waals surface area contributed by atoms with Crippen LogP contribution in [-0.2, 0) is 0 Å². The number of ether oxygens (including phenoxy) is 2. The lowest BCUT2D eigenvalue weighted by Crippen LogP contribution is -2.21. The second-order valence-corrected chi connectivity index (χ2v) is 6.60. The Kier molecular flexibility index (Phi) is 5.20. The summed E-state index contributed by atoms with van der Waals surface area (Å²) < 4.78 is 10.8. The van der Waals surface area contributed by atoms with Crippen LogP contribution in [0.3, 0.4) is 0 Å². The molecule has 144 valence electrons. The van der Waals surface area contributed by atoms with Gasteiger partial charge >= 0.3 is 0 Å². The predicted octanol–water partition coefficient (Wildman–Crippen LogP) is 2.98. The van der Waals surface area contributed by atoms with Crippen LogP contribution in [0.4, 0.5) is 17.5 Å². The van der Waals surface area contributed by atoms with E-state index in [1.165, 1.54) is 0 Å². The van der Waals surface area contributed by atoms with Gasteiger partial charge in [0.05, 0.1) is 11.4 Å². The molecule has 0 atom stereocenters. The Labute approximate surface area is 163 Å². The molecule has 0 fully saturated rings. The van der Waals surface area contributed by atoms with Gasteiger partial charge in [0, 0.05) is 37.1 Å². The molecule has 1 aliphatic heterocycles. The highest BCUT2D eigenvalue weighted by molar-refractivity contribution is 5.67. The summed E-state index contributed by atoms with van der Waals surface area (Å²) in [5, 5.41) is 6.60. The Morgan fingerprint density at radius 2 is 1.89 bits per heavy atom. The number of nitrogens with one attached hydrogen (secondary N) is 2. The molecule has 0 spiro atoms. The second-order valence-electron chi connectivity index (χ2n) is 6.60. The van der Waals surface area contributed by atoms with Crippen LogP contribution in [0.25, 0.3) is 11.4 Å². The third-order valence-corrected chi connectivity index (χ3v) is 4.14. The highest BCUT2D eigenvalue weighted by Crippen LogP contribution is 2.35. The Morgan fingerprint density at radius 3 is 2.71 bits per heavy atom. The van der Waals surface area contributed by atoms with E-state index in [0.717, 1.165) is 35.9 Å². The van der Waals surface area contributed by atoms with Gasteiger partial charge < -0.3 is 25.0 Å². The van der Waals surface area contributed by atoms with Crippen LogP contribution in [0.15, 0.2) is 48.7 Å². The van der Waals surface area contributed by atoms with E-state index in [4.69, 9.17) is 9.47 Å². The normalized spacial score (nSPS) is 12.2. The molecule has 0 amide bonds. The molecule has 28 heavy (non-hydrogen) atoms. The first kappa shape index (κ1) is 18.0. The number of benzene rings is 1. The lowest BCUT2D eigenvalue weighted by atomic mass is 10.2. The van der Waals surface area contributed by atoms with Crippen molar-refractivity contribution in [1.29, 1.82) is 0 Å². The van der Waals surface area contributed by atoms with Crippen LogP contribution >= 0.6 is 0 Å². The number of rotatable bonds is 7. The molecule has 4 rings (SSSR count). The summed E-state index contributed by atoms with van der Waals surface area (Å²) in [5.74, 6) is 2.68. The number of nitrogens with zero attached hydrogens (tertiary/aromatic N) is 4. The second kappa shape index (κ2) is 8.10. The summed E-state index contributed by atoms with van der Waals surface area (Å²) >= 11 is 0. The molecule has 0 radical (unpaired) electrons. The van der Waals surface area contributed by atoms with Crippen molar-refractivity contribution in [2.75, 3.05) is 44.6 Å². The Balaban J connectivity index is 1.61. The first-order chi connectivity index (χ1) is 13.7. The minimum absolute atomic E-state index is 0.246. The molecule has 8 heteroatoms. The third-order valence-electron chi connectivity index (χ3n) is 4.14. The van der Waals surface area contributed by atoms with Gasteiger partial charge in [0.15, 0.2) is 11.5 Å². The number of fused-ring (bicyclic) bond motifs is 1. The molecule has 0 saturated carbocycles. The van der Waals surface area contributed by atoms with Crippen LogP contribution in [0, 0.1) is 0 Å². The van der Waals surface area contributed by atoms with E-state index in [1.807, 2.05) is 56.6 Å². The first-order valence-electron chi connectivity index (χ1n) is 9.03. The predicted molar refractivity (Wildman–Crippen MR) is 108 cm³/mol. The van der Waals surface area contributed by atoms with Crippen LogP contribution in [0.2, 0.25) is 0 Å². The molecule has 2 N–H and O–H groups in total. The van der Waals surface area contributed by atoms with Gasteiger partial charge in [-0.05, 0) is 38.4 Å². The van der Waals surface area contributed by atoms with Crippen molar-refractivity contribution in [3.8, 4) is 22.9 Å². The molecule has 1 aromatic carbocycles. The van der Waals surface area contributed by atoms with E-state index in [1.54, 1.807) is 6.20 Å². The van der Waals surface area contributed by atoms with Crippen molar-refractivity contribution in [3.63, 3.8) is 0 Å². The number of aromatic nitrogens is 3. The molecule has 3 heterocycles. The fourth-order valence-electron chi connectivity index (χ4n) is 2.75. The fraction of sp³-hybridized carbons (Fsp3) is 0.250. The number of likely N-dealkylation sites (N-methyl/N-ethyl adjacent to an activating group) is 1. The van der Waals surface area contributed by atoms with Crippen molar-refractivity contribution < 1.29 is 9.47 Å². The average molecular weight is 378 g/mol. The van der Waals surface area contributed by atoms with E-state index in [2.05, 4.69) is 30.5 Å². The molecular formula is C20H22N6O2. The summed E-state index contributed by atoms with van der Waals surface area (Å²) in [5.41, 5.74) is 2.38. The van der Waals surface area contributed by atoms with E-state index >= 15 is 0 Å². The smallest absolute Gasteiger partial charge is 0.231 e. The largest absolute Gasteiger partial charge is 0.454 e. The summed E-state index contributed by atoms with van der Waals surface area (Å²) in [6, 6.07) is 13.3. The van der Waals surface area contributed by atoms with E-state index in [-0.39, 0.29) is 6.79 Å². The molecule has 0 unspecified atom stereocenters. The quantitative estimate of drug-likeness (QED) is 0.649. The van der Waals surface area contributed by atoms with Crippen LogP contribution in [0.1, 0.15) is 0 Å². The lowest BCUT2D eigenvalue weighted by molar-refractivity contribution is 0.174. The van der Waals surface area contributed by atoms with Gasteiger partial charge in [0.25, 0.3) is 0 Å². The van der Waals surface area contributed by atoms with Crippen molar-refractivity contribution in [2.24, 2.45) is 0 Å². The van der Waals surface area contributed by atoms with Crippen LogP contribution < -0.4 is 20.1 Å². The van der Waals surface area contributed by atoms with E-state index in [9.17, 15) is 0 Å². The van der Waals surface area contributed by atoms with Gasteiger partial charge in [0.1, 0.15) is 5.82 Å². The highest BCUT2D eigenvalue weighted by atomic mass is 16.7. The number of anilines is 3. The standard InChI is InChI=1S/C20H22N6O2/c1-26(2)10-9-22-20-24-16(15-5-3-4-8-21-15)12-19(25-20)23-14-6-7-17-18(11-14)28-13-27-17/h3-8,11-12H,9-10,13H2,1-2H3,(H2,22,23,24,25). The molecule has 0 bridgehead atoms. The Morgan fingerprint density at radius 1 is 1.00 bits per heavy atom. The molecule has 0 saturated heterocycles. The summed E-state index contributed by atoms with van der Waals surface area (Å²) in [4.78, 5) is 15.7. The minimum atomic E-state index is 0.246. The van der Waals surface area contributed by atoms with Gasteiger partial charge in [-0.2, -0.15) is 4.98 Å². The summed E-state index contributed by atoms with van der Waals surface area (Å²) in [6.07, 6.45) is 1.75. The van der Waals surface area contributed by atoms with E-state index in [0.29, 0.717) is 17.5 Å². The molecule has 8 nitrogen and oxygen atoms in total. The van der Waals surface area contributed by atoms with Crippen LogP contribution in [0.5, 0.6) is 11.5 Å². The number of hydrogen-bond acceptors (Lipinski definition) is 8. The summed E-state index contributed by atoms with van der Waals surface area (Å²) in [7, 11) is 4.05. The lowest BCUT2D eigenvalue weighted by Gasteiger charge is -2.13. The zero-order valence-corrected chi connectivity index (χ0v) is 15.8. The third kappa shape index (κ3) is 4.29. The van der Waals surface area contributed by atoms with Crippen molar-refractivity contribution in [1.82, 2.24) is 19.9 Å². The van der Waals surface area contributed by atoms with Gasteiger partial charge in [-0.15, -0.1) is 0 Å². The zero-order chi connectivity index (χ0) is 19.3. The van der Waals surface area contributed by atoms with Crippen molar-refractivity contribution in [3.05, 3.63) is 48.7 Å². The molecule has 1 aliphatic rings. The van der Waals surface area contributed by atoms with Crippen LogP contribution in [-0.4, -0.2) is 53.8 Å². The van der Waals surface area contributed by atoms with Crippen molar-refractivity contribution in [2.45, 2.75) is 0 Å². The maximum absolute atomic E-state index is 5.45. The maximum Gasteiger partial charge on any atom is 0.231 e. The fourth-order valence-corrected chi connectivity index (χ4v) is 2.75. The van der Waals surface area contributed by atoms with E-state index < -0.39 is 0 Å². The van der Waals surface area contributed by atoms with Gasteiger partial charge in [-0.1, -0.05) is 6.07 Å². The highest BCUT2D eigenvalue weighted by Gasteiger charge is 2.14. The Bertz CT molecular complexity index is 949. The number of hydrogen-bond donors (Lipinski definition) is 2. The average Bonchev–Trinajstić information content (AvgIpc) is 3.16. The molecule has 3 aromatic rings. The molecule has 2 aromatic heterocycles. The number of pyridine rings is 1.